The molecule has 4 nitrogen and oxygen atoms in total. The SMILES string of the molecule is CC=C(/C=C/CP(=O)(OCC)OCC)CO[Si](C)(C)C(C)(C)C. The molecular formula is C17H35O4PSi. The van der Waals surface area contributed by atoms with E-state index in [1.165, 1.54) is 0 Å². The predicted octanol–water partition coefficient (Wildman–Crippen LogP) is 5.78. The Hall–Kier alpha value is -0.193. The number of hydrogen-bond donors (Lipinski definition) is 0. The zero-order chi connectivity index (χ0) is 18.1. The van der Waals surface area contributed by atoms with Gasteiger partial charge in [0.1, 0.15) is 0 Å². The molecule has 0 fully saturated rings. The molecule has 0 aliphatic carbocycles. The van der Waals surface area contributed by atoms with Gasteiger partial charge in [-0.3, -0.25) is 4.57 Å². The molecule has 0 aliphatic heterocycles. The van der Waals surface area contributed by atoms with Crippen molar-refractivity contribution in [3.8, 4) is 0 Å². The van der Waals surface area contributed by atoms with E-state index in [4.69, 9.17) is 13.5 Å². The fourth-order valence-corrected chi connectivity index (χ4v) is 3.97. The van der Waals surface area contributed by atoms with Crippen LogP contribution in [0.5, 0.6) is 0 Å². The van der Waals surface area contributed by atoms with Gasteiger partial charge in [0.25, 0.3) is 0 Å². The van der Waals surface area contributed by atoms with Crippen molar-refractivity contribution < 1.29 is 18.0 Å². The Balaban J connectivity index is 4.70. The molecule has 0 amide bonds. The van der Waals surface area contributed by atoms with Crippen molar-refractivity contribution in [2.75, 3.05) is 26.0 Å². The smallest absolute Gasteiger partial charge is 0.334 e. The Bertz CT molecular complexity index is 440. The second-order valence-electron chi connectivity index (χ2n) is 6.94. The molecule has 136 valence electrons. The monoisotopic (exact) mass is 362 g/mol. The minimum Gasteiger partial charge on any atom is -0.413 e. The van der Waals surface area contributed by atoms with Crippen LogP contribution in [0, 0.1) is 0 Å². The molecule has 0 heterocycles. The second kappa shape index (κ2) is 9.95. The molecule has 0 unspecified atom stereocenters. The Morgan fingerprint density at radius 1 is 1.13 bits per heavy atom. The summed E-state index contributed by atoms with van der Waals surface area (Å²) in [5, 5.41) is 0.190. The summed E-state index contributed by atoms with van der Waals surface area (Å²) in [5.74, 6) is 0. The van der Waals surface area contributed by atoms with E-state index in [0.29, 0.717) is 19.8 Å². The summed E-state index contributed by atoms with van der Waals surface area (Å²) in [5.41, 5.74) is 1.08. The molecule has 0 spiro atoms. The van der Waals surface area contributed by atoms with Crippen LogP contribution in [0.4, 0.5) is 0 Å². The van der Waals surface area contributed by atoms with Gasteiger partial charge in [0.15, 0.2) is 8.32 Å². The Morgan fingerprint density at radius 2 is 1.65 bits per heavy atom. The molecule has 6 heteroatoms. The van der Waals surface area contributed by atoms with Gasteiger partial charge in [-0.05, 0) is 44.5 Å². The zero-order valence-electron chi connectivity index (χ0n) is 16.1. The van der Waals surface area contributed by atoms with E-state index in [1.807, 2.05) is 39.0 Å². The van der Waals surface area contributed by atoms with Crippen LogP contribution < -0.4 is 0 Å². The Kier molecular flexibility index (Phi) is 9.86. The normalized spacial score (nSPS) is 14.7. The molecule has 0 saturated carbocycles. The second-order valence-corrected chi connectivity index (χ2v) is 13.9. The average Bonchev–Trinajstić information content (AvgIpc) is 2.41. The summed E-state index contributed by atoms with van der Waals surface area (Å²) in [4.78, 5) is 0. The van der Waals surface area contributed by atoms with Gasteiger partial charge in [-0.1, -0.05) is 39.0 Å². The van der Waals surface area contributed by atoms with E-state index in [0.717, 1.165) is 5.57 Å². The number of rotatable bonds is 10. The maximum absolute atomic E-state index is 12.4. The van der Waals surface area contributed by atoms with Gasteiger partial charge < -0.3 is 13.5 Å². The fourth-order valence-electron chi connectivity index (χ4n) is 1.58. The Morgan fingerprint density at radius 3 is 2.04 bits per heavy atom. The van der Waals surface area contributed by atoms with Crippen LogP contribution in [-0.2, 0) is 18.0 Å². The third-order valence-corrected chi connectivity index (χ3v) is 10.5. The first-order valence-electron chi connectivity index (χ1n) is 8.35. The van der Waals surface area contributed by atoms with Crippen LogP contribution in [-0.4, -0.2) is 34.3 Å². The highest BCUT2D eigenvalue weighted by molar-refractivity contribution is 7.54. The lowest BCUT2D eigenvalue weighted by Gasteiger charge is -2.36. The summed E-state index contributed by atoms with van der Waals surface area (Å²) in [7, 11) is -4.77. The van der Waals surface area contributed by atoms with Gasteiger partial charge in [0, 0.05) is 0 Å². The third-order valence-electron chi connectivity index (χ3n) is 4.09. The first kappa shape index (κ1) is 22.8. The van der Waals surface area contributed by atoms with E-state index in [2.05, 4.69) is 33.9 Å². The average molecular weight is 363 g/mol. The van der Waals surface area contributed by atoms with Crippen molar-refractivity contribution >= 4 is 15.9 Å². The molecule has 0 radical (unpaired) electrons. The molecule has 0 aliphatic rings. The quantitative estimate of drug-likeness (QED) is 0.281. The molecule has 0 rings (SSSR count). The van der Waals surface area contributed by atoms with Crippen LogP contribution in [0.15, 0.2) is 23.8 Å². The lowest BCUT2D eigenvalue weighted by atomic mass is 10.2. The summed E-state index contributed by atoms with van der Waals surface area (Å²) < 4.78 is 29.2. The molecule has 23 heavy (non-hydrogen) atoms. The van der Waals surface area contributed by atoms with Gasteiger partial charge in [-0.2, -0.15) is 0 Å². The third kappa shape index (κ3) is 8.46. The van der Waals surface area contributed by atoms with Gasteiger partial charge in [0.2, 0.25) is 0 Å². The molecule has 0 aromatic carbocycles. The lowest BCUT2D eigenvalue weighted by molar-refractivity contribution is 0.222. The molecule has 0 N–H and O–H groups in total. The molecule has 0 atom stereocenters. The summed E-state index contributed by atoms with van der Waals surface area (Å²) >= 11 is 0. The van der Waals surface area contributed by atoms with Crippen molar-refractivity contribution in [2.45, 2.75) is 59.7 Å². The molecular weight excluding hydrogens is 327 g/mol. The van der Waals surface area contributed by atoms with Gasteiger partial charge in [-0.25, -0.2) is 0 Å². The van der Waals surface area contributed by atoms with E-state index >= 15 is 0 Å². The molecule has 0 bridgehead atoms. The highest BCUT2D eigenvalue weighted by atomic mass is 31.2. The molecule has 0 aromatic heterocycles. The minimum absolute atomic E-state index is 0.190. The zero-order valence-corrected chi connectivity index (χ0v) is 18.0. The van der Waals surface area contributed by atoms with Crippen LogP contribution in [0.1, 0.15) is 41.5 Å². The van der Waals surface area contributed by atoms with Crippen molar-refractivity contribution in [3.63, 3.8) is 0 Å². The van der Waals surface area contributed by atoms with Crippen molar-refractivity contribution in [1.82, 2.24) is 0 Å². The maximum atomic E-state index is 12.4. The van der Waals surface area contributed by atoms with E-state index < -0.39 is 15.9 Å². The molecule has 0 aromatic rings. The van der Waals surface area contributed by atoms with E-state index in [-0.39, 0.29) is 11.2 Å². The topological polar surface area (TPSA) is 44.8 Å². The summed E-state index contributed by atoms with van der Waals surface area (Å²) in [6.45, 7) is 18.1. The maximum Gasteiger partial charge on any atom is 0.334 e. The van der Waals surface area contributed by atoms with Gasteiger partial charge in [-0.15, -0.1) is 0 Å². The predicted molar refractivity (Wildman–Crippen MR) is 102 cm³/mol. The first-order valence-corrected chi connectivity index (χ1v) is 13.0. The summed E-state index contributed by atoms with van der Waals surface area (Å²) in [6, 6.07) is 0. The van der Waals surface area contributed by atoms with Crippen molar-refractivity contribution in [1.29, 1.82) is 0 Å². The minimum atomic E-state index is -3.01. The van der Waals surface area contributed by atoms with E-state index in [9.17, 15) is 4.57 Å². The largest absolute Gasteiger partial charge is 0.413 e. The van der Waals surface area contributed by atoms with Crippen LogP contribution in [0.3, 0.4) is 0 Å². The summed E-state index contributed by atoms with van der Waals surface area (Å²) in [6.07, 6.45) is 6.12. The van der Waals surface area contributed by atoms with Crippen LogP contribution >= 0.6 is 7.60 Å². The van der Waals surface area contributed by atoms with E-state index in [1.54, 1.807) is 0 Å². The molecule has 0 saturated heterocycles. The van der Waals surface area contributed by atoms with Gasteiger partial charge in [0.05, 0.1) is 26.0 Å². The fraction of sp³-hybridized carbons (Fsp3) is 0.765. The van der Waals surface area contributed by atoms with Crippen LogP contribution in [0.2, 0.25) is 18.1 Å². The number of allylic oxidation sites excluding steroid dienone is 2. The standard InChI is InChI=1S/C17H35O4PSi/c1-9-16(15-21-23(7,8)17(4,5)6)13-12-14-22(18,19-10-2)20-11-3/h9,12-13H,10-11,14-15H2,1-8H3/b13-12+,16-9?. The highest BCUT2D eigenvalue weighted by Crippen LogP contribution is 2.47. The van der Waals surface area contributed by atoms with Gasteiger partial charge >= 0.3 is 7.60 Å². The van der Waals surface area contributed by atoms with Crippen molar-refractivity contribution in [3.05, 3.63) is 23.8 Å². The Labute approximate surface area is 144 Å². The number of hydrogen-bond acceptors (Lipinski definition) is 4. The van der Waals surface area contributed by atoms with Crippen molar-refractivity contribution in [2.24, 2.45) is 0 Å². The highest BCUT2D eigenvalue weighted by Gasteiger charge is 2.37. The van der Waals surface area contributed by atoms with Crippen LogP contribution in [0.25, 0.3) is 0 Å². The first-order chi connectivity index (χ1) is 10.5. The lowest BCUT2D eigenvalue weighted by Crippen LogP contribution is -2.41.